The first-order valence-electron chi connectivity index (χ1n) is 6.21. The molecule has 16 heavy (non-hydrogen) atoms. The molecule has 0 heterocycles. The fraction of sp³-hybridized carbons (Fsp3) is 1.00. The van der Waals surface area contributed by atoms with Gasteiger partial charge in [0.05, 0.1) is 12.7 Å². The molecule has 0 saturated heterocycles. The minimum absolute atomic E-state index is 0.320. The van der Waals surface area contributed by atoms with Crippen LogP contribution in [0.4, 0.5) is 0 Å². The third-order valence-corrected chi connectivity index (χ3v) is 3.52. The van der Waals surface area contributed by atoms with E-state index >= 15 is 0 Å². The van der Waals surface area contributed by atoms with Gasteiger partial charge < -0.3 is 10.5 Å². The molecular weight excluding hydrogens is 220 g/mol. The van der Waals surface area contributed by atoms with E-state index in [1.807, 2.05) is 11.8 Å². The lowest BCUT2D eigenvalue weighted by molar-refractivity contribution is 0.0563. The maximum atomic E-state index is 5.80. The van der Waals surface area contributed by atoms with Gasteiger partial charge in [0.2, 0.25) is 0 Å². The molecule has 0 bridgehead atoms. The molecule has 1 unspecified atom stereocenters. The van der Waals surface area contributed by atoms with Gasteiger partial charge in [-0.2, -0.15) is 11.8 Å². The predicted molar refractivity (Wildman–Crippen MR) is 74.2 cm³/mol. The zero-order valence-electron chi connectivity index (χ0n) is 11.2. The van der Waals surface area contributed by atoms with Crippen LogP contribution in [0.5, 0.6) is 0 Å². The number of thioether (sulfide) groups is 1. The Morgan fingerprint density at radius 2 is 2.06 bits per heavy atom. The number of nitrogens with two attached hydrogens (primary N) is 1. The van der Waals surface area contributed by atoms with Crippen molar-refractivity contribution in [2.45, 2.75) is 39.3 Å². The summed E-state index contributed by atoms with van der Waals surface area (Å²) in [6.45, 7) is 8.84. The molecule has 0 radical (unpaired) electrons. The fourth-order valence-electron chi connectivity index (χ4n) is 1.50. The lowest BCUT2D eigenvalue weighted by atomic mass is 10.2. The van der Waals surface area contributed by atoms with Crippen molar-refractivity contribution in [2.24, 2.45) is 5.73 Å². The van der Waals surface area contributed by atoms with Crippen molar-refractivity contribution < 1.29 is 4.74 Å². The van der Waals surface area contributed by atoms with E-state index in [9.17, 15) is 0 Å². The van der Waals surface area contributed by atoms with Gasteiger partial charge in [0.15, 0.2) is 0 Å². The summed E-state index contributed by atoms with van der Waals surface area (Å²) >= 11 is 1.98. The van der Waals surface area contributed by atoms with Crippen LogP contribution in [0, 0.1) is 0 Å². The number of nitrogens with zero attached hydrogens (tertiary/aromatic N) is 1. The van der Waals surface area contributed by atoms with Crippen molar-refractivity contribution in [3.63, 3.8) is 0 Å². The third-order valence-electron chi connectivity index (χ3n) is 2.59. The van der Waals surface area contributed by atoms with Crippen LogP contribution in [0.3, 0.4) is 0 Å². The molecule has 1 atom stereocenters. The molecule has 0 aromatic rings. The molecule has 0 spiro atoms. The van der Waals surface area contributed by atoms with E-state index in [1.165, 1.54) is 17.9 Å². The molecule has 0 saturated carbocycles. The normalized spacial score (nSPS) is 13.7. The van der Waals surface area contributed by atoms with Crippen LogP contribution in [0.15, 0.2) is 0 Å². The highest BCUT2D eigenvalue weighted by atomic mass is 32.2. The molecule has 0 aliphatic heterocycles. The summed E-state index contributed by atoms with van der Waals surface area (Å²) in [6.07, 6.45) is 1.49. The van der Waals surface area contributed by atoms with Crippen LogP contribution in [-0.2, 0) is 4.74 Å². The first kappa shape index (κ1) is 16.2. The highest BCUT2D eigenvalue weighted by Crippen LogP contribution is 2.07. The summed E-state index contributed by atoms with van der Waals surface area (Å²) in [4.78, 5) is 2.32. The summed E-state index contributed by atoms with van der Waals surface area (Å²) < 4.78 is 5.55. The smallest absolute Gasteiger partial charge is 0.0596 e. The Hall–Kier alpha value is 0.230. The molecular formula is C12H28N2OS. The Labute approximate surface area is 105 Å². The fourth-order valence-corrected chi connectivity index (χ4v) is 2.22. The minimum Gasteiger partial charge on any atom is -0.377 e. The van der Waals surface area contributed by atoms with Crippen LogP contribution in [0.1, 0.15) is 27.2 Å². The van der Waals surface area contributed by atoms with E-state index in [1.54, 1.807) is 0 Å². The summed E-state index contributed by atoms with van der Waals surface area (Å²) in [7, 11) is 2.14. The molecule has 0 aliphatic rings. The second-order valence-electron chi connectivity index (χ2n) is 4.28. The van der Waals surface area contributed by atoms with Gasteiger partial charge in [-0.1, -0.05) is 6.92 Å². The second-order valence-corrected chi connectivity index (χ2v) is 5.67. The lowest BCUT2D eigenvalue weighted by Crippen LogP contribution is -2.40. The lowest BCUT2D eigenvalue weighted by Gasteiger charge is -2.27. The van der Waals surface area contributed by atoms with Crippen molar-refractivity contribution in [2.75, 3.05) is 38.2 Å². The molecule has 0 aromatic heterocycles. The average molecular weight is 248 g/mol. The van der Waals surface area contributed by atoms with Crippen LogP contribution in [0.2, 0.25) is 0 Å². The van der Waals surface area contributed by atoms with Gasteiger partial charge in [0.25, 0.3) is 0 Å². The van der Waals surface area contributed by atoms with Gasteiger partial charge >= 0.3 is 0 Å². The van der Waals surface area contributed by atoms with E-state index < -0.39 is 0 Å². The zero-order chi connectivity index (χ0) is 12.4. The molecule has 0 aliphatic carbocycles. The summed E-state index contributed by atoms with van der Waals surface area (Å²) in [5.74, 6) is 2.39. The Bertz CT molecular complexity index is 156. The maximum Gasteiger partial charge on any atom is 0.0596 e. The van der Waals surface area contributed by atoms with Crippen LogP contribution in [-0.4, -0.2) is 55.3 Å². The predicted octanol–water partition coefficient (Wildman–Crippen LogP) is 1.81. The highest BCUT2D eigenvalue weighted by Gasteiger charge is 2.12. The number of hydrogen-bond donors (Lipinski definition) is 1. The maximum absolute atomic E-state index is 5.80. The molecule has 0 rings (SSSR count). The molecule has 4 heteroatoms. The van der Waals surface area contributed by atoms with E-state index in [0.717, 1.165) is 19.7 Å². The van der Waals surface area contributed by atoms with Crippen molar-refractivity contribution in [1.82, 2.24) is 4.90 Å². The van der Waals surface area contributed by atoms with Gasteiger partial charge in [-0.15, -0.1) is 0 Å². The molecule has 3 nitrogen and oxygen atoms in total. The summed E-state index contributed by atoms with van der Waals surface area (Å²) in [5, 5.41) is 0. The van der Waals surface area contributed by atoms with Crippen molar-refractivity contribution in [3.8, 4) is 0 Å². The van der Waals surface area contributed by atoms with E-state index in [0.29, 0.717) is 12.1 Å². The average Bonchev–Trinajstić information content (AvgIpc) is 2.23. The minimum atomic E-state index is 0.320. The highest BCUT2D eigenvalue weighted by molar-refractivity contribution is 7.99. The first-order valence-corrected chi connectivity index (χ1v) is 7.36. The first-order chi connectivity index (χ1) is 7.61. The number of likely N-dealkylation sites (N-methyl/N-ethyl adjacent to an activating group) is 1. The van der Waals surface area contributed by atoms with Crippen LogP contribution in [0.25, 0.3) is 0 Å². The monoisotopic (exact) mass is 248 g/mol. The quantitative estimate of drug-likeness (QED) is 0.599. The van der Waals surface area contributed by atoms with Gasteiger partial charge in [-0.3, -0.25) is 4.90 Å². The van der Waals surface area contributed by atoms with Crippen LogP contribution >= 0.6 is 11.8 Å². The number of rotatable bonds is 10. The molecule has 0 amide bonds. The Morgan fingerprint density at radius 1 is 1.38 bits per heavy atom. The van der Waals surface area contributed by atoms with Crippen molar-refractivity contribution in [3.05, 3.63) is 0 Å². The van der Waals surface area contributed by atoms with Gasteiger partial charge in [-0.05, 0) is 38.8 Å². The molecule has 98 valence electrons. The van der Waals surface area contributed by atoms with E-state index in [-0.39, 0.29) is 0 Å². The summed E-state index contributed by atoms with van der Waals surface area (Å²) in [6, 6.07) is 0.495. The third kappa shape index (κ3) is 8.39. The van der Waals surface area contributed by atoms with Gasteiger partial charge in [0.1, 0.15) is 0 Å². The Kier molecular flexibility index (Phi) is 10.5. The SMILES string of the molecule is CCSCCC(CN)N(C)CCOC(C)C. The van der Waals surface area contributed by atoms with Crippen LogP contribution < -0.4 is 5.73 Å². The molecule has 2 N–H and O–H groups in total. The Balaban J connectivity index is 3.68. The number of ether oxygens (including phenoxy) is 1. The van der Waals surface area contributed by atoms with Crippen molar-refractivity contribution in [1.29, 1.82) is 0 Å². The standard InChI is InChI=1S/C12H28N2OS/c1-5-16-9-6-12(10-13)14(4)7-8-15-11(2)3/h11-12H,5-10,13H2,1-4H3. The van der Waals surface area contributed by atoms with Gasteiger partial charge in [-0.25, -0.2) is 0 Å². The van der Waals surface area contributed by atoms with E-state index in [4.69, 9.17) is 10.5 Å². The number of hydrogen-bond acceptors (Lipinski definition) is 4. The molecule has 0 aromatic carbocycles. The van der Waals surface area contributed by atoms with Crippen molar-refractivity contribution >= 4 is 11.8 Å². The topological polar surface area (TPSA) is 38.5 Å². The Morgan fingerprint density at radius 3 is 2.56 bits per heavy atom. The molecule has 0 fully saturated rings. The van der Waals surface area contributed by atoms with E-state index in [2.05, 4.69) is 32.7 Å². The zero-order valence-corrected chi connectivity index (χ0v) is 12.1. The van der Waals surface area contributed by atoms with Gasteiger partial charge in [0, 0.05) is 19.1 Å². The second kappa shape index (κ2) is 10.4. The largest absolute Gasteiger partial charge is 0.377 e. The summed E-state index contributed by atoms with van der Waals surface area (Å²) in [5.41, 5.74) is 5.80.